The van der Waals surface area contributed by atoms with Gasteiger partial charge in [0.1, 0.15) is 0 Å². The lowest BCUT2D eigenvalue weighted by atomic mass is 10.0. The zero-order valence-electron chi connectivity index (χ0n) is 31.4. The molecule has 12 rings (SSSR count). The molecule has 4 nitrogen and oxygen atoms in total. The van der Waals surface area contributed by atoms with E-state index >= 15 is 0 Å². The number of benzene rings is 9. The Bertz CT molecular complexity index is 3530. The second-order valence-corrected chi connectivity index (χ2v) is 15.0. The highest BCUT2D eigenvalue weighted by molar-refractivity contribution is 6.24. The van der Waals surface area contributed by atoms with Gasteiger partial charge < -0.3 is 9.13 Å². The molecule has 0 saturated carbocycles. The molecule has 0 aliphatic carbocycles. The molecule has 0 fully saturated rings. The summed E-state index contributed by atoms with van der Waals surface area (Å²) in [5.74, 6) is 0.702. The Labute approximate surface area is 334 Å². The molecule has 0 atom stereocenters. The van der Waals surface area contributed by atoms with Crippen LogP contribution in [-0.2, 0) is 0 Å². The number of fused-ring (bicyclic) bond motifs is 9. The molecule has 270 valence electrons. The number of hydrogen-bond donors (Lipinski definition) is 0. The van der Waals surface area contributed by atoms with Crippen LogP contribution in [-0.4, -0.2) is 19.1 Å². The van der Waals surface area contributed by atoms with Crippen molar-refractivity contribution in [1.82, 2.24) is 19.1 Å². The molecular formula is C54H34N4. The summed E-state index contributed by atoms with van der Waals surface area (Å²) in [6.07, 6.45) is 0. The lowest BCUT2D eigenvalue weighted by Gasteiger charge is -2.15. The van der Waals surface area contributed by atoms with Crippen molar-refractivity contribution in [3.8, 4) is 45.1 Å². The van der Waals surface area contributed by atoms with E-state index in [1.807, 2.05) is 12.1 Å². The third-order valence-corrected chi connectivity index (χ3v) is 11.7. The highest BCUT2D eigenvalue weighted by Crippen LogP contribution is 2.43. The van der Waals surface area contributed by atoms with Gasteiger partial charge >= 0.3 is 0 Å². The molecule has 4 heteroatoms. The molecule has 0 aliphatic heterocycles. The predicted octanol–water partition coefficient (Wildman–Crippen LogP) is 14.0. The van der Waals surface area contributed by atoms with E-state index in [0.717, 1.165) is 38.9 Å². The van der Waals surface area contributed by atoms with E-state index in [4.69, 9.17) is 9.97 Å². The quantitative estimate of drug-likeness (QED) is 0.176. The minimum atomic E-state index is 0.702. The van der Waals surface area contributed by atoms with E-state index in [1.54, 1.807) is 0 Å². The van der Waals surface area contributed by atoms with Gasteiger partial charge in [-0.25, -0.2) is 9.97 Å². The normalized spacial score (nSPS) is 11.8. The monoisotopic (exact) mass is 738 g/mol. The average Bonchev–Trinajstić information content (AvgIpc) is 3.82. The number of rotatable bonds is 5. The van der Waals surface area contributed by atoms with Crippen LogP contribution in [0.5, 0.6) is 0 Å². The van der Waals surface area contributed by atoms with E-state index in [9.17, 15) is 0 Å². The smallest absolute Gasteiger partial charge is 0.160 e. The van der Waals surface area contributed by atoms with Crippen molar-refractivity contribution >= 4 is 65.3 Å². The summed E-state index contributed by atoms with van der Waals surface area (Å²) in [6.45, 7) is 0. The largest absolute Gasteiger partial charge is 0.307 e. The first-order chi connectivity index (χ1) is 28.8. The number of nitrogens with zero attached hydrogens (tertiary/aromatic N) is 4. The molecule has 0 aliphatic rings. The summed E-state index contributed by atoms with van der Waals surface area (Å²) >= 11 is 0. The summed E-state index contributed by atoms with van der Waals surface area (Å²) in [7, 11) is 0. The Hall–Kier alpha value is -7.82. The van der Waals surface area contributed by atoms with Gasteiger partial charge in [-0.15, -0.1) is 0 Å². The van der Waals surface area contributed by atoms with Crippen LogP contribution in [0.2, 0.25) is 0 Å². The van der Waals surface area contributed by atoms with Crippen molar-refractivity contribution in [2.24, 2.45) is 0 Å². The van der Waals surface area contributed by atoms with Gasteiger partial charge in [-0.05, 0) is 65.0 Å². The fourth-order valence-corrected chi connectivity index (χ4v) is 9.06. The predicted molar refractivity (Wildman–Crippen MR) is 242 cm³/mol. The first kappa shape index (κ1) is 32.4. The van der Waals surface area contributed by atoms with Crippen LogP contribution in [0.3, 0.4) is 0 Å². The minimum absolute atomic E-state index is 0.702. The second-order valence-electron chi connectivity index (χ2n) is 15.0. The third-order valence-electron chi connectivity index (χ3n) is 11.7. The van der Waals surface area contributed by atoms with Crippen LogP contribution in [0.4, 0.5) is 0 Å². The maximum absolute atomic E-state index is 5.25. The SMILES string of the molecule is c1ccc(-c2ccc(-c3nc(-c4ccc(-n5c6ccccc6c6ccc7c8ccccc8n(-c8cccc9ccccc89)c7c65)cc4)nc4ccccc34)cc2)cc1. The molecule has 12 aromatic rings. The molecule has 0 amide bonds. The Kier molecular flexibility index (Phi) is 7.20. The van der Waals surface area contributed by atoms with Crippen LogP contribution in [0.1, 0.15) is 0 Å². The Morgan fingerprint density at radius 1 is 0.310 bits per heavy atom. The first-order valence-corrected chi connectivity index (χ1v) is 19.8. The summed E-state index contributed by atoms with van der Waals surface area (Å²) in [4.78, 5) is 10.4. The van der Waals surface area contributed by atoms with E-state index < -0.39 is 0 Å². The Balaban J connectivity index is 1.06. The maximum Gasteiger partial charge on any atom is 0.160 e. The molecular weight excluding hydrogens is 705 g/mol. The lowest BCUT2D eigenvalue weighted by molar-refractivity contribution is 1.15. The summed E-state index contributed by atoms with van der Waals surface area (Å²) < 4.78 is 4.92. The zero-order valence-corrected chi connectivity index (χ0v) is 31.4. The van der Waals surface area contributed by atoms with Gasteiger partial charge in [-0.3, -0.25) is 0 Å². The molecule has 0 saturated heterocycles. The van der Waals surface area contributed by atoms with Gasteiger partial charge in [0.25, 0.3) is 0 Å². The Morgan fingerprint density at radius 3 is 1.59 bits per heavy atom. The molecule has 0 unspecified atom stereocenters. The van der Waals surface area contributed by atoms with Crippen LogP contribution >= 0.6 is 0 Å². The summed E-state index contributed by atoms with van der Waals surface area (Å²) in [6, 6.07) is 73.8. The topological polar surface area (TPSA) is 35.6 Å². The molecule has 9 aromatic carbocycles. The van der Waals surface area contributed by atoms with Gasteiger partial charge in [0.15, 0.2) is 5.82 Å². The average molecular weight is 739 g/mol. The fraction of sp³-hybridized carbons (Fsp3) is 0. The van der Waals surface area contributed by atoms with Gasteiger partial charge in [-0.1, -0.05) is 158 Å². The molecule has 3 aromatic heterocycles. The van der Waals surface area contributed by atoms with E-state index in [0.29, 0.717) is 5.82 Å². The third kappa shape index (κ3) is 4.95. The van der Waals surface area contributed by atoms with Gasteiger partial charge in [-0.2, -0.15) is 0 Å². The molecule has 0 N–H and O–H groups in total. The zero-order chi connectivity index (χ0) is 38.2. The number of aromatic nitrogens is 4. The van der Waals surface area contributed by atoms with Gasteiger partial charge in [0.05, 0.1) is 39.0 Å². The summed E-state index contributed by atoms with van der Waals surface area (Å²) in [5.41, 5.74) is 13.2. The fourth-order valence-electron chi connectivity index (χ4n) is 9.06. The van der Waals surface area contributed by atoms with Crippen molar-refractivity contribution in [1.29, 1.82) is 0 Å². The van der Waals surface area contributed by atoms with Crippen LogP contribution in [0, 0.1) is 0 Å². The van der Waals surface area contributed by atoms with Crippen LogP contribution in [0.15, 0.2) is 206 Å². The van der Waals surface area contributed by atoms with E-state index in [1.165, 1.54) is 65.7 Å². The Morgan fingerprint density at radius 2 is 0.845 bits per heavy atom. The van der Waals surface area contributed by atoms with E-state index in [-0.39, 0.29) is 0 Å². The second kappa shape index (κ2) is 12.9. The maximum atomic E-state index is 5.25. The van der Waals surface area contributed by atoms with Gasteiger partial charge in [0, 0.05) is 49.1 Å². The van der Waals surface area contributed by atoms with E-state index in [2.05, 4.69) is 203 Å². The van der Waals surface area contributed by atoms with Crippen molar-refractivity contribution < 1.29 is 0 Å². The van der Waals surface area contributed by atoms with Crippen molar-refractivity contribution in [3.05, 3.63) is 206 Å². The molecule has 58 heavy (non-hydrogen) atoms. The molecule has 0 radical (unpaired) electrons. The lowest BCUT2D eigenvalue weighted by Crippen LogP contribution is -2.00. The molecule has 0 bridgehead atoms. The number of para-hydroxylation sites is 3. The number of hydrogen-bond acceptors (Lipinski definition) is 2. The molecule has 3 heterocycles. The summed E-state index contributed by atoms with van der Waals surface area (Å²) in [5, 5.41) is 8.38. The standard InChI is InChI=1S/C54H34N4/c1-2-13-35(14-3-1)36-25-27-38(28-26-36)51-46-20-6-9-21-47(46)55-54(56-51)39-29-31-40(32-30-39)57-49-22-10-7-18-42(49)44-33-34-45-43-19-8-11-23-50(43)58(53(45)52(44)57)48-24-12-16-37-15-4-5-17-41(37)48/h1-34H. The highest BCUT2D eigenvalue weighted by atomic mass is 15.0. The van der Waals surface area contributed by atoms with Gasteiger partial charge in [0.2, 0.25) is 0 Å². The highest BCUT2D eigenvalue weighted by Gasteiger charge is 2.22. The van der Waals surface area contributed by atoms with Crippen LogP contribution in [0.25, 0.3) is 110 Å². The van der Waals surface area contributed by atoms with Crippen LogP contribution < -0.4 is 0 Å². The van der Waals surface area contributed by atoms with Crippen molar-refractivity contribution in [3.63, 3.8) is 0 Å². The first-order valence-electron chi connectivity index (χ1n) is 19.8. The van der Waals surface area contributed by atoms with Crippen molar-refractivity contribution in [2.45, 2.75) is 0 Å². The molecule has 0 spiro atoms. The minimum Gasteiger partial charge on any atom is -0.307 e. The van der Waals surface area contributed by atoms with Crippen molar-refractivity contribution in [2.75, 3.05) is 0 Å².